The number of benzene rings is 1. The van der Waals surface area contributed by atoms with Gasteiger partial charge in [0.05, 0.1) is 5.75 Å². The number of nitrogens with one attached hydrogen (secondary N) is 2. The van der Waals surface area contributed by atoms with Gasteiger partial charge in [-0.05, 0) is 12.1 Å². The predicted octanol–water partition coefficient (Wildman–Crippen LogP) is 1.32. The summed E-state index contributed by atoms with van der Waals surface area (Å²) in [5, 5.41) is 3.73. The van der Waals surface area contributed by atoms with Gasteiger partial charge < -0.3 is 5.32 Å². The molecule has 0 radical (unpaired) electrons. The summed E-state index contributed by atoms with van der Waals surface area (Å²) in [7, 11) is 0. The van der Waals surface area contributed by atoms with Crippen molar-refractivity contribution in [2.75, 3.05) is 11.1 Å². The van der Waals surface area contributed by atoms with E-state index in [1.54, 1.807) is 24.3 Å². The normalized spacial score (nSPS) is 14.4. The van der Waals surface area contributed by atoms with E-state index in [1.807, 2.05) is 6.07 Å². The molecule has 98 valence electrons. The van der Waals surface area contributed by atoms with E-state index in [1.165, 1.54) is 11.8 Å². The number of rotatable bonds is 2. The van der Waals surface area contributed by atoms with Crippen LogP contribution in [0.2, 0.25) is 0 Å². The predicted molar refractivity (Wildman–Crippen MR) is 82.7 cm³/mol. The summed E-state index contributed by atoms with van der Waals surface area (Å²) in [6.07, 6.45) is 0. The second-order valence-corrected chi connectivity index (χ2v) is 5.56. The zero-order chi connectivity index (χ0) is 13.8. The molecule has 1 fully saturated rings. The van der Waals surface area contributed by atoms with E-state index in [2.05, 4.69) is 10.7 Å². The first kappa shape index (κ1) is 13.9. The maximum atomic E-state index is 11.8. The topological polar surface area (TPSA) is 61.4 Å². The molecule has 1 aliphatic rings. The van der Waals surface area contributed by atoms with Crippen LogP contribution in [0.4, 0.5) is 5.69 Å². The summed E-state index contributed by atoms with van der Waals surface area (Å²) >= 11 is 11.1. The van der Waals surface area contributed by atoms with Gasteiger partial charge in [0.2, 0.25) is 0 Å². The number of hydrogen-bond acceptors (Lipinski definition) is 5. The molecule has 0 aliphatic carbocycles. The zero-order valence-corrected chi connectivity index (χ0v) is 12.0. The minimum absolute atomic E-state index is 0.109. The number of hydrazine groups is 1. The summed E-state index contributed by atoms with van der Waals surface area (Å²) in [6.45, 7) is 0. The highest BCUT2D eigenvalue weighted by Crippen LogP contribution is 2.17. The van der Waals surface area contributed by atoms with Crippen molar-refractivity contribution in [3.63, 3.8) is 0 Å². The van der Waals surface area contributed by atoms with Gasteiger partial charge in [0.1, 0.15) is 0 Å². The Morgan fingerprint density at radius 1 is 1.32 bits per heavy atom. The van der Waals surface area contributed by atoms with E-state index in [-0.39, 0.29) is 16.6 Å². The summed E-state index contributed by atoms with van der Waals surface area (Å²) in [5.41, 5.74) is 3.17. The lowest BCUT2D eigenvalue weighted by Gasteiger charge is -2.17. The number of thioether (sulfide) groups is 1. The standard InChI is InChI=1S/C11H9N3O2S3/c15-8-6-19-11(18)14(8)13-10(17)9(16)12-7-4-2-1-3-5-7/h1-5H,6H2,(H,12,16)(H,13,17). The Labute approximate surface area is 124 Å². The van der Waals surface area contributed by atoms with Crippen LogP contribution in [-0.2, 0) is 9.59 Å². The van der Waals surface area contributed by atoms with Crippen molar-refractivity contribution in [3.05, 3.63) is 30.3 Å². The van der Waals surface area contributed by atoms with Crippen LogP contribution >= 0.6 is 36.2 Å². The molecule has 0 atom stereocenters. The van der Waals surface area contributed by atoms with E-state index in [4.69, 9.17) is 24.4 Å². The molecule has 0 unspecified atom stereocenters. The minimum Gasteiger partial charge on any atom is -0.320 e. The van der Waals surface area contributed by atoms with Crippen LogP contribution < -0.4 is 10.7 Å². The van der Waals surface area contributed by atoms with Crippen LogP contribution in [0, 0.1) is 0 Å². The third kappa shape index (κ3) is 3.49. The third-order valence-corrected chi connectivity index (χ3v) is 3.84. The molecule has 0 spiro atoms. The Hall–Kier alpha value is -1.51. The molecule has 2 N–H and O–H groups in total. The Morgan fingerprint density at radius 3 is 2.58 bits per heavy atom. The fourth-order valence-electron chi connectivity index (χ4n) is 1.32. The molecular formula is C11H9N3O2S3. The Kier molecular flexibility index (Phi) is 4.46. The van der Waals surface area contributed by atoms with E-state index in [0.29, 0.717) is 10.0 Å². The lowest BCUT2D eigenvalue weighted by Crippen LogP contribution is -2.48. The number of thiocarbonyl (C=S) groups is 2. The second kappa shape index (κ2) is 6.09. The second-order valence-electron chi connectivity index (χ2n) is 3.54. The van der Waals surface area contributed by atoms with Crippen LogP contribution in [0.15, 0.2) is 30.3 Å². The van der Waals surface area contributed by atoms with Crippen molar-refractivity contribution in [1.29, 1.82) is 0 Å². The van der Waals surface area contributed by atoms with Gasteiger partial charge in [-0.2, -0.15) is 0 Å². The number of amides is 2. The molecule has 2 rings (SSSR count). The molecule has 0 aromatic heterocycles. The molecule has 1 aromatic rings. The quantitative estimate of drug-likeness (QED) is 0.803. The molecule has 1 saturated heterocycles. The molecule has 5 nitrogen and oxygen atoms in total. The van der Waals surface area contributed by atoms with Gasteiger partial charge in [0, 0.05) is 5.69 Å². The highest BCUT2D eigenvalue weighted by Gasteiger charge is 2.28. The van der Waals surface area contributed by atoms with Gasteiger partial charge in [-0.3, -0.25) is 15.0 Å². The van der Waals surface area contributed by atoms with Gasteiger partial charge in [0.25, 0.3) is 11.8 Å². The maximum absolute atomic E-state index is 11.8. The Bertz CT molecular complexity index is 531. The van der Waals surface area contributed by atoms with Gasteiger partial charge in [-0.15, -0.1) is 0 Å². The lowest BCUT2D eigenvalue weighted by molar-refractivity contribution is -0.125. The maximum Gasteiger partial charge on any atom is 0.284 e. The number of hydrogen-bond donors (Lipinski definition) is 2. The fourth-order valence-corrected chi connectivity index (χ4v) is 2.44. The van der Waals surface area contributed by atoms with E-state index in [9.17, 15) is 9.59 Å². The largest absolute Gasteiger partial charge is 0.320 e. The summed E-state index contributed by atoms with van der Waals surface area (Å²) < 4.78 is 0.361. The molecular weight excluding hydrogens is 302 g/mol. The van der Waals surface area contributed by atoms with E-state index in [0.717, 1.165) is 5.01 Å². The van der Waals surface area contributed by atoms with Crippen LogP contribution in [0.3, 0.4) is 0 Å². The average molecular weight is 311 g/mol. The number of nitrogens with zero attached hydrogens (tertiary/aromatic N) is 1. The molecule has 0 bridgehead atoms. The van der Waals surface area contributed by atoms with Crippen LogP contribution in [0.1, 0.15) is 0 Å². The van der Waals surface area contributed by atoms with Crippen molar-refractivity contribution >= 4 is 63.0 Å². The minimum atomic E-state index is -0.492. The lowest BCUT2D eigenvalue weighted by atomic mass is 10.3. The van der Waals surface area contributed by atoms with Crippen molar-refractivity contribution < 1.29 is 9.59 Å². The monoisotopic (exact) mass is 311 g/mol. The third-order valence-electron chi connectivity index (χ3n) is 2.20. The van der Waals surface area contributed by atoms with Crippen molar-refractivity contribution in [2.24, 2.45) is 0 Å². The van der Waals surface area contributed by atoms with Gasteiger partial charge in [-0.25, -0.2) is 5.01 Å². The first-order chi connectivity index (χ1) is 9.08. The smallest absolute Gasteiger partial charge is 0.284 e. The Balaban J connectivity index is 1.95. The zero-order valence-electron chi connectivity index (χ0n) is 9.58. The first-order valence-electron chi connectivity index (χ1n) is 5.24. The number of para-hydroxylation sites is 1. The molecule has 1 aliphatic heterocycles. The molecule has 8 heteroatoms. The van der Waals surface area contributed by atoms with E-state index < -0.39 is 5.91 Å². The summed E-state index contributed by atoms with van der Waals surface area (Å²) in [4.78, 5) is 23.2. The van der Waals surface area contributed by atoms with Crippen molar-refractivity contribution in [1.82, 2.24) is 10.4 Å². The van der Waals surface area contributed by atoms with Gasteiger partial charge >= 0.3 is 0 Å². The summed E-state index contributed by atoms with van der Waals surface area (Å²) in [6, 6.07) is 8.90. The number of carbonyl (C=O) groups is 2. The van der Waals surface area contributed by atoms with Gasteiger partial charge in [0.15, 0.2) is 9.31 Å². The Morgan fingerprint density at radius 2 is 2.00 bits per heavy atom. The van der Waals surface area contributed by atoms with Gasteiger partial charge in [-0.1, -0.05) is 54.4 Å². The average Bonchev–Trinajstić information content (AvgIpc) is 2.71. The number of anilines is 1. The van der Waals surface area contributed by atoms with Crippen molar-refractivity contribution in [3.8, 4) is 0 Å². The molecule has 1 heterocycles. The number of carbonyl (C=O) groups excluding carboxylic acids is 2. The molecule has 0 saturated carbocycles. The molecule has 19 heavy (non-hydrogen) atoms. The first-order valence-corrected chi connectivity index (χ1v) is 7.05. The SMILES string of the molecule is O=C(Nc1ccccc1)C(=S)NN1C(=O)CSC1=S. The molecule has 1 aromatic carbocycles. The van der Waals surface area contributed by atoms with Crippen molar-refractivity contribution in [2.45, 2.75) is 0 Å². The highest BCUT2D eigenvalue weighted by molar-refractivity contribution is 8.23. The fraction of sp³-hybridized carbons (Fsp3) is 0.0909. The summed E-state index contributed by atoms with van der Waals surface area (Å²) in [5.74, 6) is -0.451. The van der Waals surface area contributed by atoms with Crippen LogP contribution in [0.25, 0.3) is 0 Å². The van der Waals surface area contributed by atoms with Crippen LogP contribution in [-0.4, -0.2) is 31.9 Å². The van der Waals surface area contributed by atoms with Crippen LogP contribution in [0.5, 0.6) is 0 Å². The van der Waals surface area contributed by atoms with E-state index >= 15 is 0 Å². The molecule has 2 amide bonds. The highest BCUT2D eigenvalue weighted by atomic mass is 32.2.